The number of aromatic nitrogens is 2. The zero-order valence-corrected chi connectivity index (χ0v) is 34.5. The van der Waals surface area contributed by atoms with Gasteiger partial charge in [-0.25, -0.2) is 9.97 Å². The van der Waals surface area contributed by atoms with E-state index in [1.54, 1.807) is 0 Å². The van der Waals surface area contributed by atoms with Crippen LogP contribution >= 0.6 is 0 Å². The lowest BCUT2D eigenvalue weighted by molar-refractivity contribution is 0.669. The lowest BCUT2D eigenvalue weighted by Crippen LogP contribution is -1.96. The number of furan rings is 1. The summed E-state index contributed by atoms with van der Waals surface area (Å²) in [5.74, 6) is 0. The predicted octanol–water partition coefficient (Wildman–Crippen LogP) is 16.4. The van der Waals surface area contributed by atoms with Crippen LogP contribution in [-0.4, -0.2) is 9.97 Å². The lowest BCUT2D eigenvalue weighted by Gasteiger charge is -2.16. The Morgan fingerprint density at radius 3 is 1.44 bits per heavy atom. The molecule has 3 heterocycles. The minimum atomic E-state index is 0.878. The Morgan fingerprint density at radius 2 is 0.841 bits per heavy atom. The molecule has 0 aliphatic heterocycles. The van der Waals surface area contributed by atoms with Gasteiger partial charge in [0.05, 0.1) is 22.4 Å². The summed E-state index contributed by atoms with van der Waals surface area (Å²) < 4.78 is 6.12. The van der Waals surface area contributed by atoms with Gasteiger partial charge in [0.2, 0.25) is 0 Å². The maximum absolute atomic E-state index is 6.12. The molecule has 0 unspecified atom stereocenters. The highest BCUT2D eigenvalue weighted by Crippen LogP contribution is 2.41. The quantitative estimate of drug-likeness (QED) is 0.151. The summed E-state index contributed by atoms with van der Waals surface area (Å²) in [5.41, 5.74) is 19.2. The van der Waals surface area contributed by atoms with Crippen LogP contribution in [0.4, 0.5) is 0 Å². The van der Waals surface area contributed by atoms with E-state index in [4.69, 9.17) is 14.4 Å². The number of allylic oxidation sites excluding steroid dienone is 4. The van der Waals surface area contributed by atoms with E-state index in [2.05, 4.69) is 206 Å². The van der Waals surface area contributed by atoms with Crippen LogP contribution in [0.15, 0.2) is 223 Å². The Balaban J connectivity index is 0.998. The Bertz CT molecular complexity index is 3580. The van der Waals surface area contributed by atoms with Gasteiger partial charge in [-0.3, -0.25) is 0 Å². The summed E-state index contributed by atoms with van der Waals surface area (Å²) in [5, 5.41) is 4.38. The zero-order valence-electron chi connectivity index (χ0n) is 34.5. The molecule has 3 heteroatoms. The molecule has 0 saturated carbocycles. The monoisotopic (exact) mass is 804 g/mol. The molecule has 0 radical (unpaired) electrons. The molecule has 1 aliphatic carbocycles. The number of pyridine rings is 2. The van der Waals surface area contributed by atoms with Crippen molar-refractivity contribution in [1.29, 1.82) is 0 Å². The van der Waals surface area contributed by atoms with Gasteiger partial charge in [-0.2, -0.15) is 0 Å². The third-order valence-electron chi connectivity index (χ3n) is 12.5. The molecule has 12 rings (SSSR count). The third-order valence-corrected chi connectivity index (χ3v) is 12.5. The van der Waals surface area contributed by atoms with Crippen molar-refractivity contribution < 1.29 is 4.42 Å². The number of nitrogens with zero attached hydrogens (tertiary/aromatic N) is 2. The zero-order chi connectivity index (χ0) is 41.7. The van der Waals surface area contributed by atoms with Gasteiger partial charge in [-0.15, -0.1) is 0 Å². The van der Waals surface area contributed by atoms with Crippen molar-refractivity contribution in [1.82, 2.24) is 9.97 Å². The Hall–Kier alpha value is -8.14. The fourth-order valence-electron chi connectivity index (χ4n) is 9.26. The van der Waals surface area contributed by atoms with Gasteiger partial charge < -0.3 is 4.42 Å². The van der Waals surface area contributed by atoms with Gasteiger partial charge in [-0.1, -0.05) is 182 Å². The topological polar surface area (TPSA) is 38.9 Å². The van der Waals surface area contributed by atoms with Crippen molar-refractivity contribution in [2.75, 3.05) is 0 Å². The lowest BCUT2D eigenvalue weighted by atomic mass is 9.93. The molecular weight excluding hydrogens is 765 g/mol. The molecule has 296 valence electrons. The second-order valence-electron chi connectivity index (χ2n) is 16.4. The first kappa shape index (κ1) is 36.7. The highest BCUT2D eigenvalue weighted by Gasteiger charge is 2.18. The predicted molar refractivity (Wildman–Crippen MR) is 263 cm³/mol. The second-order valence-corrected chi connectivity index (χ2v) is 16.4. The SMILES string of the molecule is C1=CC(c2cccc(-c3ccc(-c4cc(-c5ccccc5)c5ccc6c(-c7ccccc7)cc(-c7ccc(-c8ccc9oc%10ccccc%10c9c8)cc7)nc6c5n4)cc3)c2)=CCC1. The van der Waals surface area contributed by atoms with Crippen molar-refractivity contribution >= 4 is 49.3 Å². The maximum Gasteiger partial charge on any atom is 0.135 e. The van der Waals surface area contributed by atoms with Crippen LogP contribution in [0.2, 0.25) is 0 Å². The molecule has 3 nitrogen and oxygen atoms in total. The van der Waals surface area contributed by atoms with Crippen LogP contribution in [-0.2, 0) is 0 Å². The Kier molecular flexibility index (Phi) is 8.97. The van der Waals surface area contributed by atoms with Gasteiger partial charge in [0.25, 0.3) is 0 Å². The first-order chi connectivity index (χ1) is 31.2. The van der Waals surface area contributed by atoms with E-state index in [0.717, 1.165) is 112 Å². The van der Waals surface area contributed by atoms with E-state index in [0.29, 0.717) is 0 Å². The van der Waals surface area contributed by atoms with Crippen molar-refractivity contribution in [2.24, 2.45) is 0 Å². The van der Waals surface area contributed by atoms with E-state index in [1.165, 1.54) is 22.3 Å². The fraction of sp³-hybridized carbons (Fsp3) is 0.0333. The smallest absolute Gasteiger partial charge is 0.135 e. The molecule has 0 atom stereocenters. The molecule has 0 bridgehead atoms. The third kappa shape index (κ3) is 6.72. The van der Waals surface area contributed by atoms with Gasteiger partial charge in [0.1, 0.15) is 11.2 Å². The van der Waals surface area contributed by atoms with Crippen LogP contribution in [0, 0.1) is 0 Å². The van der Waals surface area contributed by atoms with Crippen molar-refractivity contribution in [2.45, 2.75) is 12.8 Å². The van der Waals surface area contributed by atoms with Crippen LogP contribution in [0.5, 0.6) is 0 Å². The van der Waals surface area contributed by atoms with E-state index >= 15 is 0 Å². The average Bonchev–Trinajstić information content (AvgIpc) is 3.74. The molecular formula is C60H40N2O. The first-order valence-corrected chi connectivity index (χ1v) is 21.7. The van der Waals surface area contributed by atoms with E-state index in [-0.39, 0.29) is 0 Å². The number of hydrogen-bond acceptors (Lipinski definition) is 3. The van der Waals surface area contributed by atoms with Gasteiger partial charge >= 0.3 is 0 Å². The standard InChI is InChI=1S/C60H40N2O/c1-4-13-39(14-5-1)46-19-12-20-47(35-46)40-23-27-44(28-24-40)55-37-52(42-15-6-2-7-16-42)50-32-33-51-53(43-17-8-3-9-18-43)38-56(62-60(51)59(50)61-55)45-29-25-41(26-30-45)48-31-34-58-54(36-48)49-21-10-11-22-57(49)63-58/h2-4,6-38H,1,5H2. The summed E-state index contributed by atoms with van der Waals surface area (Å²) in [6.45, 7) is 0. The van der Waals surface area contributed by atoms with Crippen LogP contribution in [0.1, 0.15) is 18.4 Å². The number of para-hydroxylation sites is 1. The number of fused-ring (bicyclic) bond motifs is 6. The minimum Gasteiger partial charge on any atom is -0.456 e. The Labute approximate surface area is 366 Å². The number of rotatable bonds is 7. The number of benzene rings is 8. The maximum atomic E-state index is 6.12. The molecule has 3 aromatic heterocycles. The largest absolute Gasteiger partial charge is 0.456 e. The molecule has 0 spiro atoms. The Morgan fingerprint density at radius 1 is 0.333 bits per heavy atom. The molecule has 1 aliphatic rings. The minimum absolute atomic E-state index is 0.878. The molecule has 0 fully saturated rings. The highest BCUT2D eigenvalue weighted by atomic mass is 16.3. The van der Waals surface area contributed by atoms with Crippen LogP contribution in [0.25, 0.3) is 116 Å². The van der Waals surface area contributed by atoms with E-state index < -0.39 is 0 Å². The summed E-state index contributed by atoms with van der Waals surface area (Å²) in [7, 11) is 0. The van der Waals surface area contributed by atoms with Gasteiger partial charge in [0, 0.05) is 32.7 Å². The molecule has 0 amide bonds. The normalized spacial score (nSPS) is 12.7. The molecule has 8 aromatic carbocycles. The summed E-state index contributed by atoms with van der Waals surface area (Å²) in [6, 6.07) is 71.4. The van der Waals surface area contributed by atoms with Crippen LogP contribution in [0.3, 0.4) is 0 Å². The second kappa shape index (κ2) is 15.4. The van der Waals surface area contributed by atoms with Gasteiger partial charge in [0.15, 0.2) is 0 Å². The van der Waals surface area contributed by atoms with E-state index in [9.17, 15) is 0 Å². The average molecular weight is 805 g/mol. The highest BCUT2D eigenvalue weighted by molar-refractivity contribution is 6.13. The van der Waals surface area contributed by atoms with E-state index in [1.807, 2.05) is 12.1 Å². The summed E-state index contributed by atoms with van der Waals surface area (Å²) >= 11 is 0. The molecule has 63 heavy (non-hydrogen) atoms. The molecule has 0 N–H and O–H groups in total. The van der Waals surface area contributed by atoms with Crippen molar-refractivity contribution in [3.05, 3.63) is 224 Å². The fourth-order valence-corrected chi connectivity index (χ4v) is 9.26. The summed E-state index contributed by atoms with van der Waals surface area (Å²) in [6.07, 6.45) is 9.04. The summed E-state index contributed by atoms with van der Waals surface area (Å²) in [4.78, 5) is 11.0. The van der Waals surface area contributed by atoms with Gasteiger partial charge in [-0.05, 0) is 105 Å². The number of hydrogen-bond donors (Lipinski definition) is 0. The molecule has 0 saturated heterocycles. The first-order valence-electron chi connectivity index (χ1n) is 21.7. The van der Waals surface area contributed by atoms with Crippen molar-refractivity contribution in [3.63, 3.8) is 0 Å². The van der Waals surface area contributed by atoms with Crippen LogP contribution < -0.4 is 0 Å². The van der Waals surface area contributed by atoms with Crippen molar-refractivity contribution in [3.8, 4) is 67.0 Å². The molecule has 11 aromatic rings.